The standard InChI is InChI=1S/C10H10ClNO2/c1-14-10(13)8(11)6-7-4-2-3-5-9(7)12/h2-6H,12H2,1H3/b8-6-. The molecular formula is C10H10ClNO2. The number of nitrogen functional groups attached to an aromatic ring is 1. The molecule has 0 saturated heterocycles. The first-order valence-corrected chi connectivity index (χ1v) is 4.33. The number of rotatable bonds is 2. The highest BCUT2D eigenvalue weighted by atomic mass is 35.5. The molecule has 0 aliphatic rings. The third kappa shape index (κ3) is 2.50. The predicted octanol–water partition coefficient (Wildman–Crippen LogP) is 2.02. The van der Waals surface area contributed by atoms with Gasteiger partial charge in [0.1, 0.15) is 5.03 Å². The van der Waals surface area contributed by atoms with Crippen LogP contribution >= 0.6 is 11.6 Å². The van der Waals surface area contributed by atoms with Crippen LogP contribution in [0.25, 0.3) is 6.08 Å². The topological polar surface area (TPSA) is 52.3 Å². The van der Waals surface area contributed by atoms with Gasteiger partial charge in [0, 0.05) is 5.69 Å². The fraction of sp³-hybridized carbons (Fsp3) is 0.100. The molecule has 0 saturated carbocycles. The van der Waals surface area contributed by atoms with Gasteiger partial charge in [-0.15, -0.1) is 0 Å². The average molecular weight is 212 g/mol. The summed E-state index contributed by atoms with van der Waals surface area (Å²) in [4.78, 5) is 11.0. The van der Waals surface area contributed by atoms with E-state index in [1.807, 2.05) is 6.07 Å². The molecule has 0 radical (unpaired) electrons. The molecule has 14 heavy (non-hydrogen) atoms. The van der Waals surface area contributed by atoms with E-state index in [9.17, 15) is 4.79 Å². The van der Waals surface area contributed by atoms with Gasteiger partial charge in [0.2, 0.25) is 0 Å². The second-order valence-corrected chi connectivity index (χ2v) is 3.02. The highest BCUT2D eigenvalue weighted by Crippen LogP contribution is 2.17. The molecule has 2 N–H and O–H groups in total. The van der Waals surface area contributed by atoms with E-state index in [1.165, 1.54) is 13.2 Å². The molecule has 0 bridgehead atoms. The Morgan fingerprint density at radius 3 is 2.71 bits per heavy atom. The van der Waals surface area contributed by atoms with Gasteiger partial charge in [0.15, 0.2) is 0 Å². The van der Waals surface area contributed by atoms with Crippen LogP contribution in [0.1, 0.15) is 5.56 Å². The number of anilines is 1. The summed E-state index contributed by atoms with van der Waals surface area (Å²) in [5, 5.41) is 0.00500. The molecule has 1 aromatic rings. The summed E-state index contributed by atoms with van der Waals surface area (Å²) in [6.07, 6.45) is 1.47. The van der Waals surface area contributed by atoms with Crippen LogP contribution in [0.3, 0.4) is 0 Å². The summed E-state index contributed by atoms with van der Waals surface area (Å²) >= 11 is 5.67. The van der Waals surface area contributed by atoms with Crippen LogP contribution in [0.2, 0.25) is 0 Å². The minimum Gasteiger partial charge on any atom is -0.465 e. The number of benzene rings is 1. The van der Waals surface area contributed by atoms with Gasteiger partial charge >= 0.3 is 5.97 Å². The molecule has 0 fully saturated rings. The number of hydrogen-bond acceptors (Lipinski definition) is 3. The molecule has 0 aliphatic carbocycles. The van der Waals surface area contributed by atoms with Crippen molar-refractivity contribution in [2.45, 2.75) is 0 Å². The van der Waals surface area contributed by atoms with Crippen LogP contribution in [0.4, 0.5) is 5.69 Å². The molecule has 0 spiro atoms. The summed E-state index contributed by atoms with van der Waals surface area (Å²) in [7, 11) is 1.27. The molecule has 0 aliphatic heterocycles. The van der Waals surface area contributed by atoms with E-state index in [-0.39, 0.29) is 5.03 Å². The van der Waals surface area contributed by atoms with Crippen LogP contribution in [0.5, 0.6) is 0 Å². The van der Waals surface area contributed by atoms with Gasteiger partial charge in [0.05, 0.1) is 7.11 Å². The molecule has 0 unspecified atom stereocenters. The quantitative estimate of drug-likeness (QED) is 0.463. The van der Waals surface area contributed by atoms with Crippen LogP contribution in [0.15, 0.2) is 29.3 Å². The molecule has 4 heteroatoms. The highest BCUT2D eigenvalue weighted by molar-refractivity contribution is 6.43. The Hall–Kier alpha value is -1.48. The molecular weight excluding hydrogens is 202 g/mol. The monoisotopic (exact) mass is 211 g/mol. The van der Waals surface area contributed by atoms with E-state index in [4.69, 9.17) is 17.3 Å². The number of halogens is 1. The third-order valence-corrected chi connectivity index (χ3v) is 1.92. The van der Waals surface area contributed by atoms with E-state index < -0.39 is 5.97 Å². The first kappa shape index (κ1) is 10.6. The number of nitrogens with two attached hydrogens (primary N) is 1. The van der Waals surface area contributed by atoms with Crippen LogP contribution in [0, 0.1) is 0 Å². The summed E-state index contributed by atoms with van der Waals surface area (Å²) in [6.45, 7) is 0. The van der Waals surface area contributed by atoms with Gasteiger partial charge in [0.25, 0.3) is 0 Å². The van der Waals surface area contributed by atoms with Crippen LogP contribution in [-0.4, -0.2) is 13.1 Å². The van der Waals surface area contributed by atoms with Crippen molar-refractivity contribution in [3.8, 4) is 0 Å². The van der Waals surface area contributed by atoms with Crippen molar-refractivity contribution < 1.29 is 9.53 Å². The van der Waals surface area contributed by atoms with E-state index >= 15 is 0 Å². The first-order valence-electron chi connectivity index (χ1n) is 3.95. The molecule has 0 heterocycles. The van der Waals surface area contributed by atoms with Gasteiger partial charge in [-0.25, -0.2) is 4.79 Å². The van der Waals surface area contributed by atoms with Crippen molar-refractivity contribution in [2.24, 2.45) is 0 Å². The van der Waals surface area contributed by atoms with Gasteiger partial charge in [-0.05, 0) is 17.7 Å². The zero-order chi connectivity index (χ0) is 10.6. The van der Waals surface area contributed by atoms with Gasteiger partial charge in [-0.1, -0.05) is 29.8 Å². The number of carbonyl (C=O) groups is 1. The molecule has 3 nitrogen and oxygen atoms in total. The van der Waals surface area contributed by atoms with Crippen LogP contribution < -0.4 is 5.73 Å². The second kappa shape index (κ2) is 4.67. The fourth-order valence-corrected chi connectivity index (χ4v) is 1.13. The maximum absolute atomic E-state index is 11.0. The maximum Gasteiger partial charge on any atom is 0.349 e. The lowest BCUT2D eigenvalue weighted by Crippen LogP contribution is -1.99. The lowest BCUT2D eigenvalue weighted by Gasteiger charge is -2.00. The van der Waals surface area contributed by atoms with E-state index in [2.05, 4.69) is 4.74 Å². The first-order chi connectivity index (χ1) is 6.65. The number of hydrogen-bond donors (Lipinski definition) is 1. The van der Waals surface area contributed by atoms with Crippen molar-refractivity contribution in [2.75, 3.05) is 12.8 Å². The molecule has 0 atom stereocenters. The van der Waals surface area contributed by atoms with Gasteiger partial charge in [-0.2, -0.15) is 0 Å². The van der Waals surface area contributed by atoms with Crippen LogP contribution in [-0.2, 0) is 9.53 Å². The zero-order valence-electron chi connectivity index (χ0n) is 7.66. The average Bonchev–Trinajstić information content (AvgIpc) is 2.20. The molecule has 1 aromatic carbocycles. The third-order valence-electron chi connectivity index (χ3n) is 1.66. The minimum absolute atomic E-state index is 0.00500. The number of para-hydroxylation sites is 1. The predicted molar refractivity (Wildman–Crippen MR) is 56.7 cm³/mol. The molecule has 0 amide bonds. The summed E-state index contributed by atoms with van der Waals surface area (Å²) in [6, 6.07) is 7.11. The summed E-state index contributed by atoms with van der Waals surface area (Å²) in [5.74, 6) is -0.574. The Bertz CT molecular complexity index is 374. The van der Waals surface area contributed by atoms with Crippen molar-refractivity contribution in [1.29, 1.82) is 0 Å². The van der Waals surface area contributed by atoms with E-state index in [1.54, 1.807) is 18.2 Å². The zero-order valence-corrected chi connectivity index (χ0v) is 8.41. The number of ether oxygens (including phenoxy) is 1. The number of carbonyl (C=O) groups excluding carboxylic acids is 1. The van der Waals surface area contributed by atoms with E-state index in [0.717, 1.165) is 0 Å². The Labute approximate surface area is 87.1 Å². The lowest BCUT2D eigenvalue weighted by atomic mass is 10.1. The second-order valence-electron chi connectivity index (χ2n) is 2.61. The molecule has 0 aromatic heterocycles. The molecule has 1 rings (SSSR count). The fourth-order valence-electron chi connectivity index (χ4n) is 0.935. The Balaban J connectivity index is 2.97. The Morgan fingerprint density at radius 2 is 2.14 bits per heavy atom. The Morgan fingerprint density at radius 1 is 1.50 bits per heavy atom. The van der Waals surface area contributed by atoms with Crippen molar-refractivity contribution in [3.05, 3.63) is 34.9 Å². The van der Waals surface area contributed by atoms with Crippen molar-refractivity contribution in [3.63, 3.8) is 0 Å². The maximum atomic E-state index is 11.0. The molecule has 74 valence electrons. The van der Waals surface area contributed by atoms with Gasteiger partial charge in [-0.3, -0.25) is 0 Å². The summed E-state index contributed by atoms with van der Waals surface area (Å²) in [5.41, 5.74) is 6.92. The number of esters is 1. The van der Waals surface area contributed by atoms with Gasteiger partial charge < -0.3 is 10.5 Å². The smallest absolute Gasteiger partial charge is 0.349 e. The highest BCUT2D eigenvalue weighted by Gasteiger charge is 2.06. The van der Waals surface area contributed by atoms with E-state index in [0.29, 0.717) is 11.3 Å². The largest absolute Gasteiger partial charge is 0.465 e. The number of methoxy groups -OCH3 is 1. The Kier molecular flexibility index (Phi) is 3.54. The SMILES string of the molecule is COC(=O)/C(Cl)=C/c1ccccc1N. The lowest BCUT2D eigenvalue weighted by molar-refractivity contribution is -0.135. The normalized spacial score (nSPS) is 11.1. The summed E-state index contributed by atoms with van der Waals surface area (Å²) < 4.78 is 4.44. The van der Waals surface area contributed by atoms with Crippen molar-refractivity contribution in [1.82, 2.24) is 0 Å². The minimum atomic E-state index is -0.574. The van der Waals surface area contributed by atoms with Crippen molar-refractivity contribution >= 4 is 29.3 Å².